The zero-order valence-electron chi connectivity index (χ0n) is 14.0. The molecule has 2 fully saturated rings. The number of nitrogens with two attached hydrogens (primary N) is 2. The van der Waals surface area contributed by atoms with Crippen LogP contribution in [0.25, 0.3) is 0 Å². The molecule has 1 unspecified atom stereocenters. The van der Waals surface area contributed by atoms with Gasteiger partial charge in [-0.1, -0.05) is 6.07 Å². The Labute approximate surface area is 142 Å². The van der Waals surface area contributed by atoms with Crippen LogP contribution >= 0.6 is 0 Å². The van der Waals surface area contributed by atoms with E-state index in [1.165, 1.54) is 0 Å². The summed E-state index contributed by atoms with van der Waals surface area (Å²) in [7, 11) is 0. The number of aromatic nitrogens is 1. The van der Waals surface area contributed by atoms with Crippen molar-refractivity contribution in [3.05, 3.63) is 36.0 Å². The van der Waals surface area contributed by atoms with Gasteiger partial charge >= 0.3 is 0 Å². The van der Waals surface area contributed by atoms with Crippen LogP contribution in [0.15, 0.2) is 35.3 Å². The van der Waals surface area contributed by atoms with Crippen molar-refractivity contribution in [2.75, 3.05) is 31.1 Å². The molecule has 3 heterocycles. The molecule has 0 amide bonds. The molecule has 7 nitrogen and oxygen atoms in total. The maximum atomic E-state index is 7.91. The van der Waals surface area contributed by atoms with Crippen LogP contribution in [0, 0.1) is 5.41 Å². The Morgan fingerprint density at radius 2 is 2.12 bits per heavy atom. The Morgan fingerprint density at radius 3 is 2.75 bits per heavy atom. The van der Waals surface area contributed by atoms with E-state index in [4.69, 9.17) is 16.9 Å². The van der Waals surface area contributed by atoms with Gasteiger partial charge in [-0.2, -0.15) is 0 Å². The Bertz CT molecular complexity index is 657. The van der Waals surface area contributed by atoms with Crippen molar-refractivity contribution in [2.45, 2.75) is 25.4 Å². The number of amidine groups is 2. The summed E-state index contributed by atoms with van der Waals surface area (Å²) in [5.74, 6) is 1.83. The highest BCUT2D eigenvalue weighted by Gasteiger charge is 2.24. The highest BCUT2D eigenvalue weighted by molar-refractivity contribution is 6.00. The molecular weight excluding hydrogens is 302 g/mol. The number of rotatable bonds is 5. The number of hydrogen-bond acceptors (Lipinski definition) is 5. The van der Waals surface area contributed by atoms with E-state index < -0.39 is 0 Å². The first-order valence-electron chi connectivity index (χ1n) is 8.35. The van der Waals surface area contributed by atoms with Gasteiger partial charge in [-0.25, -0.2) is 4.98 Å². The zero-order valence-corrected chi connectivity index (χ0v) is 14.0. The van der Waals surface area contributed by atoms with E-state index in [-0.39, 0.29) is 12.1 Å². The molecule has 0 spiro atoms. The lowest BCUT2D eigenvalue weighted by atomic mass is 10.1. The van der Waals surface area contributed by atoms with Crippen LogP contribution in [0.1, 0.15) is 25.1 Å². The summed E-state index contributed by atoms with van der Waals surface area (Å²) in [6, 6.07) is 6.04. The summed E-state index contributed by atoms with van der Waals surface area (Å²) in [4.78, 5) is 13.3. The Kier molecular flexibility index (Phi) is 4.80. The first-order valence-corrected chi connectivity index (χ1v) is 8.35. The van der Waals surface area contributed by atoms with E-state index >= 15 is 0 Å². The highest BCUT2D eigenvalue weighted by Crippen LogP contribution is 2.21. The third-order valence-electron chi connectivity index (χ3n) is 4.37. The van der Waals surface area contributed by atoms with Gasteiger partial charge in [0.05, 0.1) is 11.7 Å². The predicted molar refractivity (Wildman–Crippen MR) is 97.5 cm³/mol. The van der Waals surface area contributed by atoms with Crippen LogP contribution in [0.3, 0.4) is 0 Å². The molecule has 0 bridgehead atoms. The van der Waals surface area contributed by atoms with Crippen molar-refractivity contribution in [3.8, 4) is 0 Å². The Morgan fingerprint density at radius 1 is 1.38 bits per heavy atom. The van der Waals surface area contributed by atoms with Crippen LogP contribution in [0.4, 0.5) is 5.82 Å². The third-order valence-corrected chi connectivity index (χ3v) is 4.37. The summed E-state index contributed by atoms with van der Waals surface area (Å²) in [6.07, 6.45) is 4.55. The first kappa shape index (κ1) is 16.4. The second kappa shape index (κ2) is 7.00. The number of aliphatic imine (C=N–C) groups is 1. The van der Waals surface area contributed by atoms with Crippen molar-refractivity contribution < 1.29 is 0 Å². The maximum absolute atomic E-state index is 7.91. The first-order chi connectivity index (χ1) is 11.5. The van der Waals surface area contributed by atoms with Crippen LogP contribution in [-0.2, 0) is 0 Å². The van der Waals surface area contributed by atoms with Crippen molar-refractivity contribution in [1.29, 1.82) is 5.41 Å². The minimum atomic E-state index is -0.136. The third kappa shape index (κ3) is 3.73. The molecular formula is C17H25N7. The van der Waals surface area contributed by atoms with Crippen LogP contribution in [0.5, 0.6) is 0 Å². The minimum Gasteiger partial charge on any atom is -0.384 e. The molecule has 0 saturated carbocycles. The highest BCUT2D eigenvalue weighted by atomic mass is 15.3. The van der Waals surface area contributed by atoms with Crippen LogP contribution in [-0.4, -0.2) is 53.8 Å². The SMILES string of the molecule is CC(N=C(N)/C=C\C(=N)N1CCC1)c1cccc(N2CC(N)C2)n1. The zero-order chi connectivity index (χ0) is 17.1. The molecule has 24 heavy (non-hydrogen) atoms. The number of likely N-dealkylation sites (tertiary alicyclic amines) is 1. The van der Waals surface area contributed by atoms with Gasteiger partial charge in [0.25, 0.3) is 0 Å². The number of pyridine rings is 1. The van der Waals surface area contributed by atoms with E-state index in [9.17, 15) is 0 Å². The number of nitrogens with zero attached hydrogens (tertiary/aromatic N) is 4. The van der Waals surface area contributed by atoms with E-state index in [2.05, 4.69) is 14.9 Å². The molecule has 0 aliphatic carbocycles. The van der Waals surface area contributed by atoms with E-state index in [0.717, 1.165) is 44.1 Å². The van der Waals surface area contributed by atoms with Crippen LogP contribution < -0.4 is 16.4 Å². The standard InChI is InChI=1S/C17H25N7/c1-12(21-15(19)6-7-16(20)23-8-3-9-23)14-4-2-5-17(22-14)24-10-13(18)11-24/h2,4-7,12-13,20H,3,8-11,18H2,1H3,(H2,19,21)/b7-6-,20-16?. The monoisotopic (exact) mass is 327 g/mol. The lowest BCUT2D eigenvalue weighted by molar-refractivity contribution is 0.300. The van der Waals surface area contributed by atoms with Crippen molar-refractivity contribution in [2.24, 2.45) is 16.5 Å². The fourth-order valence-electron chi connectivity index (χ4n) is 2.71. The second-order valence-electron chi connectivity index (χ2n) is 6.37. The normalized spacial score (nSPS) is 20.0. The fourth-order valence-corrected chi connectivity index (χ4v) is 2.71. The van der Waals surface area contributed by atoms with Gasteiger partial charge in [0.2, 0.25) is 0 Å². The summed E-state index contributed by atoms with van der Waals surface area (Å²) >= 11 is 0. The van der Waals surface area contributed by atoms with Crippen molar-refractivity contribution in [1.82, 2.24) is 9.88 Å². The molecule has 0 radical (unpaired) electrons. The molecule has 2 aliphatic heterocycles. The Balaban J connectivity index is 1.62. The average molecular weight is 327 g/mol. The molecule has 1 aromatic rings. The molecule has 7 heteroatoms. The Hall–Kier alpha value is -2.41. The van der Waals surface area contributed by atoms with Gasteiger partial charge in [-0.05, 0) is 37.6 Å². The maximum Gasteiger partial charge on any atom is 0.129 e. The molecule has 1 atom stereocenters. The van der Waals surface area contributed by atoms with Crippen molar-refractivity contribution in [3.63, 3.8) is 0 Å². The molecule has 0 aromatic carbocycles. The molecule has 2 aliphatic rings. The summed E-state index contributed by atoms with van der Waals surface area (Å²) in [5.41, 5.74) is 12.7. The minimum absolute atomic E-state index is 0.136. The van der Waals surface area contributed by atoms with Gasteiger partial charge in [0.1, 0.15) is 17.5 Å². The average Bonchev–Trinajstić information content (AvgIpc) is 2.48. The molecule has 1 aromatic heterocycles. The van der Waals surface area contributed by atoms with E-state index in [1.807, 2.05) is 30.0 Å². The van der Waals surface area contributed by atoms with Gasteiger partial charge < -0.3 is 21.3 Å². The number of hydrogen-bond donors (Lipinski definition) is 3. The van der Waals surface area contributed by atoms with Crippen molar-refractivity contribution >= 4 is 17.5 Å². The van der Waals surface area contributed by atoms with E-state index in [0.29, 0.717) is 11.7 Å². The molecule has 3 rings (SSSR count). The summed E-state index contributed by atoms with van der Waals surface area (Å²) in [6.45, 7) is 5.56. The fraction of sp³-hybridized carbons (Fsp3) is 0.471. The molecule has 2 saturated heterocycles. The van der Waals surface area contributed by atoms with Gasteiger partial charge in [0, 0.05) is 32.2 Å². The summed E-state index contributed by atoms with van der Waals surface area (Å²) < 4.78 is 0. The topological polar surface area (TPSA) is 108 Å². The lowest BCUT2D eigenvalue weighted by Crippen LogP contribution is -2.56. The van der Waals surface area contributed by atoms with Crippen LogP contribution in [0.2, 0.25) is 0 Å². The number of nitrogens with one attached hydrogen (secondary N) is 1. The van der Waals surface area contributed by atoms with E-state index in [1.54, 1.807) is 12.2 Å². The quantitative estimate of drug-likeness (QED) is 0.550. The van der Waals surface area contributed by atoms with Gasteiger partial charge in [0.15, 0.2) is 0 Å². The largest absolute Gasteiger partial charge is 0.384 e. The second-order valence-corrected chi connectivity index (χ2v) is 6.37. The van der Waals surface area contributed by atoms with Gasteiger partial charge in [-0.3, -0.25) is 10.4 Å². The summed E-state index contributed by atoms with van der Waals surface area (Å²) in [5, 5.41) is 7.91. The smallest absolute Gasteiger partial charge is 0.129 e. The molecule has 5 N–H and O–H groups in total. The number of anilines is 1. The lowest BCUT2D eigenvalue weighted by Gasteiger charge is -2.38. The predicted octanol–water partition coefficient (Wildman–Crippen LogP) is 0.886. The molecule has 128 valence electrons. The van der Waals surface area contributed by atoms with Gasteiger partial charge in [-0.15, -0.1) is 0 Å².